The molecule has 0 aromatic heterocycles. The predicted molar refractivity (Wildman–Crippen MR) is 91.5 cm³/mol. The first-order chi connectivity index (χ1) is 10.0. The van der Waals surface area contributed by atoms with E-state index >= 15 is 0 Å². The first kappa shape index (κ1) is 16.1. The Labute approximate surface area is 131 Å². The standard InChI is InChI=1S/C18H23NOS/c1-14(2)21-13-17(19)18(20,15-9-5-3-6-10-15)16-11-7-4-8-12-16/h3-12,14,17,20H,13,19H2,1-2H3. The molecule has 1 atom stereocenters. The summed E-state index contributed by atoms with van der Waals surface area (Å²) in [6.45, 7) is 4.28. The van der Waals surface area contributed by atoms with Crippen molar-refractivity contribution >= 4 is 11.8 Å². The first-order valence-electron chi connectivity index (χ1n) is 7.25. The summed E-state index contributed by atoms with van der Waals surface area (Å²) in [4.78, 5) is 0. The van der Waals surface area contributed by atoms with Crippen molar-refractivity contribution in [2.45, 2.75) is 30.7 Å². The lowest BCUT2D eigenvalue weighted by atomic mass is 9.81. The SMILES string of the molecule is CC(C)SCC(N)C(O)(c1ccccc1)c1ccccc1. The average molecular weight is 301 g/mol. The summed E-state index contributed by atoms with van der Waals surface area (Å²) in [5, 5.41) is 11.9. The summed E-state index contributed by atoms with van der Waals surface area (Å²) < 4.78 is 0. The third kappa shape index (κ3) is 3.67. The largest absolute Gasteiger partial charge is 0.379 e. The highest BCUT2D eigenvalue weighted by Gasteiger charge is 2.37. The Hall–Kier alpha value is -1.29. The molecule has 0 heterocycles. The van der Waals surface area contributed by atoms with Gasteiger partial charge in [-0.15, -0.1) is 0 Å². The topological polar surface area (TPSA) is 46.2 Å². The van der Waals surface area contributed by atoms with Gasteiger partial charge in [-0.2, -0.15) is 11.8 Å². The molecule has 0 amide bonds. The van der Waals surface area contributed by atoms with Crippen LogP contribution in [0.4, 0.5) is 0 Å². The Morgan fingerprint density at radius 2 is 1.38 bits per heavy atom. The molecular weight excluding hydrogens is 278 g/mol. The number of benzene rings is 2. The smallest absolute Gasteiger partial charge is 0.130 e. The van der Waals surface area contributed by atoms with E-state index in [0.717, 1.165) is 11.1 Å². The van der Waals surface area contributed by atoms with E-state index in [-0.39, 0.29) is 6.04 Å². The summed E-state index contributed by atoms with van der Waals surface area (Å²) >= 11 is 1.77. The lowest BCUT2D eigenvalue weighted by Crippen LogP contribution is -2.48. The van der Waals surface area contributed by atoms with Crippen molar-refractivity contribution in [2.24, 2.45) is 5.73 Å². The molecule has 21 heavy (non-hydrogen) atoms. The zero-order chi connectivity index (χ0) is 15.3. The van der Waals surface area contributed by atoms with Gasteiger partial charge in [0, 0.05) is 5.75 Å². The minimum absolute atomic E-state index is 0.366. The number of hydrogen-bond acceptors (Lipinski definition) is 3. The van der Waals surface area contributed by atoms with Gasteiger partial charge in [0.05, 0.1) is 6.04 Å². The fourth-order valence-electron chi connectivity index (χ4n) is 2.40. The highest BCUT2D eigenvalue weighted by atomic mass is 32.2. The Morgan fingerprint density at radius 3 is 1.76 bits per heavy atom. The van der Waals surface area contributed by atoms with Crippen molar-refractivity contribution in [2.75, 3.05) is 5.75 Å². The number of hydrogen-bond donors (Lipinski definition) is 2. The van der Waals surface area contributed by atoms with Gasteiger partial charge in [-0.1, -0.05) is 74.5 Å². The van der Waals surface area contributed by atoms with Gasteiger partial charge in [0.25, 0.3) is 0 Å². The molecule has 2 nitrogen and oxygen atoms in total. The van der Waals surface area contributed by atoms with Gasteiger partial charge in [-0.3, -0.25) is 0 Å². The zero-order valence-corrected chi connectivity index (χ0v) is 13.4. The summed E-state index contributed by atoms with van der Waals surface area (Å²) in [5.41, 5.74) is 6.91. The van der Waals surface area contributed by atoms with Crippen molar-refractivity contribution in [3.63, 3.8) is 0 Å². The van der Waals surface area contributed by atoms with E-state index in [2.05, 4.69) is 13.8 Å². The van der Waals surface area contributed by atoms with Crippen molar-refractivity contribution in [3.8, 4) is 0 Å². The second kappa shape index (κ2) is 7.12. The monoisotopic (exact) mass is 301 g/mol. The normalized spacial score (nSPS) is 13.4. The van der Waals surface area contributed by atoms with Crippen LogP contribution in [0.2, 0.25) is 0 Å². The van der Waals surface area contributed by atoms with Crippen LogP contribution in [0, 0.1) is 0 Å². The molecule has 0 saturated heterocycles. The van der Waals surface area contributed by atoms with Crippen LogP contribution >= 0.6 is 11.8 Å². The van der Waals surface area contributed by atoms with Crippen LogP contribution in [0.3, 0.4) is 0 Å². The summed E-state index contributed by atoms with van der Waals surface area (Å²) in [5.74, 6) is 0.706. The maximum absolute atomic E-state index is 11.4. The summed E-state index contributed by atoms with van der Waals surface area (Å²) in [6.07, 6.45) is 0. The van der Waals surface area contributed by atoms with Crippen LogP contribution in [-0.4, -0.2) is 22.2 Å². The molecule has 2 rings (SSSR count). The van der Waals surface area contributed by atoms with Gasteiger partial charge in [0.1, 0.15) is 5.60 Å². The van der Waals surface area contributed by atoms with Crippen LogP contribution in [0.1, 0.15) is 25.0 Å². The minimum Gasteiger partial charge on any atom is -0.379 e. The minimum atomic E-state index is -1.16. The molecule has 0 bridgehead atoms. The van der Waals surface area contributed by atoms with E-state index in [1.54, 1.807) is 11.8 Å². The van der Waals surface area contributed by atoms with E-state index < -0.39 is 5.60 Å². The van der Waals surface area contributed by atoms with Crippen molar-refractivity contribution in [3.05, 3.63) is 71.8 Å². The van der Waals surface area contributed by atoms with Gasteiger partial charge >= 0.3 is 0 Å². The predicted octanol–water partition coefficient (Wildman–Crippen LogP) is 3.39. The number of nitrogens with two attached hydrogens (primary N) is 1. The molecule has 0 aliphatic rings. The van der Waals surface area contributed by atoms with Crippen LogP contribution in [-0.2, 0) is 5.60 Å². The van der Waals surface area contributed by atoms with Gasteiger partial charge in [-0.05, 0) is 16.4 Å². The Kier molecular flexibility index (Phi) is 5.45. The number of rotatable bonds is 6. The molecule has 0 radical (unpaired) electrons. The Bertz CT molecular complexity index is 502. The second-order valence-corrected chi connectivity index (χ2v) is 7.10. The fourth-order valence-corrected chi connectivity index (χ4v) is 3.23. The number of aliphatic hydroxyl groups is 1. The third-order valence-corrected chi connectivity index (χ3v) is 4.79. The molecular formula is C18H23NOS. The molecule has 2 aromatic rings. The highest BCUT2D eigenvalue weighted by Crippen LogP contribution is 2.33. The second-order valence-electron chi connectivity index (χ2n) is 5.49. The van der Waals surface area contributed by atoms with E-state index in [0.29, 0.717) is 11.0 Å². The molecule has 0 fully saturated rings. The lowest BCUT2D eigenvalue weighted by Gasteiger charge is -2.35. The summed E-state index contributed by atoms with van der Waals surface area (Å²) in [6, 6.07) is 19.0. The Morgan fingerprint density at radius 1 is 0.952 bits per heavy atom. The van der Waals surface area contributed by atoms with E-state index in [1.165, 1.54) is 0 Å². The van der Waals surface area contributed by atoms with Gasteiger partial charge < -0.3 is 10.8 Å². The van der Waals surface area contributed by atoms with Crippen LogP contribution in [0.5, 0.6) is 0 Å². The van der Waals surface area contributed by atoms with E-state index in [4.69, 9.17) is 5.73 Å². The molecule has 3 N–H and O–H groups in total. The number of thioether (sulfide) groups is 1. The van der Waals surface area contributed by atoms with E-state index in [9.17, 15) is 5.11 Å². The maximum atomic E-state index is 11.4. The summed E-state index contributed by atoms with van der Waals surface area (Å²) in [7, 11) is 0. The third-order valence-electron chi connectivity index (χ3n) is 3.57. The molecule has 0 aliphatic heterocycles. The van der Waals surface area contributed by atoms with Crippen LogP contribution in [0.15, 0.2) is 60.7 Å². The fraction of sp³-hybridized carbons (Fsp3) is 0.333. The first-order valence-corrected chi connectivity index (χ1v) is 8.30. The highest BCUT2D eigenvalue weighted by molar-refractivity contribution is 7.99. The van der Waals surface area contributed by atoms with Crippen LogP contribution < -0.4 is 5.73 Å². The molecule has 112 valence electrons. The Balaban J connectivity index is 2.40. The van der Waals surface area contributed by atoms with Gasteiger partial charge in [0.2, 0.25) is 0 Å². The van der Waals surface area contributed by atoms with Crippen molar-refractivity contribution in [1.29, 1.82) is 0 Å². The van der Waals surface area contributed by atoms with Crippen LogP contribution in [0.25, 0.3) is 0 Å². The molecule has 0 aliphatic carbocycles. The molecule has 0 saturated carbocycles. The van der Waals surface area contributed by atoms with Crippen molar-refractivity contribution in [1.82, 2.24) is 0 Å². The quantitative estimate of drug-likeness (QED) is 0.859. The van der Waals surface area contributed by atoms with Gasteiger partial charge in [-0.25, -0.2) is 0 Å². The molecule has 2 aromatic carbocycles. The van der Waals surface area contributed by atoms with Gasteiger partial charge in [0.15, 0.2) is 0 Å². The maximum Gasteiger partial charge on any atom is 0.130 e. The van der Waals surface area contributed by atoms with Crippen molar-refractivity contribution < 1.29 is 5.11 Å². The molecule has 3 heteroatoms. The average Bonchev–Trinajstić information content (AvgIpc) is 2.53. The molecule has 0 spiro atoms. The lowest BCUT2D eigenvalue weighted by molar-refractivity contribution is 0.0594. The van der Waals surface area contributed by atoms with E-state index in [1.807, 2.05) is 60.7 Å². The zero-order valence-electron chi connectivity index (χ0n) is 12.6. The molecule has 1 unspecified atom stereocenters.